The number of ketones is 5. The summed E-state index contributed by atoms with van der Waals surface area (Å²) >= 11 is 18.3. The number of Topliss-reactive ketones (excluding diaryl/α,β-unsaturated/α-hetero) is 5. The number of fused-ring (bicyclic) bond motifs is 15. The molecule has 5 aromatic rings. The zero-order chi connectivity index (χ0) is 80.4. The molecule has 0 bridgehead atoms. The fourth-order valence-electron chi connectivity index (χ4n) is 21.1. The molecule has 604 valence electrons. The minimum Gasteiger partial charge on any atom is -0.515 e. The molecule has 5 fully saturated rings. The maximum atomic E-state index is 12.5. The molecule has 0 spiro atoms. The van der Waals surface area contributed by atoms with Crippen LogP contribution in [0.5, 0.6) is 41.6 Å². The highest BCUT2D eigenvalue weighted by atomic mass is 35.5. The van der Waals surface area contributed by atoms with Crippen molar-refractivity contribution in [1.29, 1.82) is 0 Å². The van der Waals surface area contributed by atoms with E-state index in [-0.39, 0.29) is 78.9 Å². The Morgan fingerprint density at radius 1 is 0.342 bits per heavy atom. The van der Waals surface area contributed by atoms with Crippen LogP contribution in [0.25, 0.3) is 0 Å². The van der Waals surface area contributed by atoms with E-state index in [1.807, 2.05) is 62.3 Å². The molecule has 0 radical (unpaired) electrons. The molecule has 111 heavy (non-hydrogen) atoms. The zero-order valence-corrected chi connectivity index (χ0v) is 70.5. The zero-order valence-electron chi connectivity index (χ0n) is 68.2. The standard InChI is InChI=1S/C19H26N2O4.2C18H26N2O3.C16H21ClN2O2.C14H16Cl2N2O/c1-5-24-17-13-7-8-14-11(3)15(23)12(10-22)9-19(14,4)16(13)20-18(21-17)25-6-2;2*1-5-22-16-12-7-8-13-11(3)14(21)9-10-18(13,4)15(12)19-17(20-16)23-6-2;1-4-21-14-10-5-6-11-9(2)12(20)7-8-16(11,3)13(10)18-15(17)19-14;1-7-9-4-3-8-11(17-13(16)18-12(8)15)14(9,2)6-5-10(7)19/h10-11,14,22H,5-9H2,1-4H3;2*11,13H,5-10H2,1-4H3;9,11H,4-8H2,1-3H3;7,9H,3-6H2,1-2H3/b12-10-;;;;/t11-,14-,19-;2*11-,13-,18-;9-,11-,16-;7-,9-,14-/m00000/s1. The Kier molecular flexibility index (Phi) is 26.6. The summed E-state index contributed by atoms with van der Waals surface area (Å²) in [5.74, 6) is 5.87. The molecule has 23 nitrogen and oxygen atoms in total. The van der Waals surface area contributed by atoms with Gasteiger partial charge in [-0.05, 0) is 198 Å². The summed E-state index contributed by atoms with van der Waals surface area (Å²) in [5.41, 5.74) is 9.98. The van der Waals surface area contributed by atoms with Crippen molar-refractivity contribution in [2.24, 2.45) is 59.2 Å². The first-order valence-corrected chi connectivity index (χ1v) is 41.9. The number of aromatic nitrogens is 10. The molecule has 5 aromatic heterocycles. The fourth-order valence-corrected chi connectivity index (χ4v) is 21.7. The lowest BCUT2D eigenvalue weighted by Crippen LogP contribution is -2.48. The summed E-state index contributed by atoms with van der Waals surface area (Å²) < 4.78 is 39.6. The maximum absolute atomic E-state index is 12.5. The number of allylic oxidation sites excluding steroid dienone is 1. The molecule has 0 aliphatic heterocycles. The van der Waals surface area contributed by atoms with Gasteiger partial charge in [-0.3, -0.25) is 24.0 Å². The van der Waals surface area contributed by atoms with Gasteiger partial charge in [0.15, 0.2) is 5.78 Å². The first kappa shape index (κ1) is 84.7. The smallest absolute Gasteiger partial charge is 0.319 e. The Morgan fingerprint density at radius 3 is 0.910 bits per heavy atom. The molecule has 0 amide bonds. The van der Waals surface area contributed by atoms with E-state index in [0.717, 1.165) is 152 Å². The molecule has 0 unspecified atom stereocenters. The van der Waals surface area contributed by atoms with E-state index in [2.05, 4.69) is 90.3 Å². The highest BCUT2D eigenvalue weighted by Gasteiger charge is 2.56. The SMILES string of the molecule is CCOc1nc(Cl)nc2c1CC[C@H]1[C@H](C)C(=O)CC[C@]21C.CCOc1nc(OCC)c2c(n1)[C@@]1(C)C/C(=C/O)C(=O)[C@@H](C)[C@@H]1CC2.CCOc1nc(OCC)c2c(n1)[C@@]1(C)CCC(=O)[C@@H](C)[C@@H]1CC2.CCOc1nc(OCC)c2c(n1)[C@@]1(C)CCC(=O)[C@@H](C)[C@@H]1CC2.C[C@@H]1C(=O)CC[C@]2(C)c3nc(Cl)nc(Cl)c3CC[C@@H]12. The van der Waals surface area contributed by atoms with Crippen molar-refractivity contribution in [2.75, 3.05) is 46.2 Å². The van der Waals surface area contributed by atoms with Crippen LogP contribution in [0.15, 0.2) is 11.8 Å². The lowest BCUT2D eigenvalue weighted by atomic mass is 9.55. The predicted molar refractivity (Wildman–Crippen MR) is 422 cm³/mol. The molecule has 5 saturated carbocycles. The number of aliphatic hydroxyl groups excluding tert-OH is 1. The van der Waals surface area contributed by atoms with Gasteiger partial charge in [0, 0.05) is 116 Å². The van der Waals surface area contributed by atoms with Crippen molar-refractivity contribution < 1.29 is 62.2 Å². The minimum atomic E-state index is -0.351. The number of aliphatic hydroxyl groups is 1. The lowest BCUT2D eigenvalue weighted by molar-refractivity contribution is -0.129. The Morgan fingerprint density at radius 2 is 0.604 bits per heavy atom. The number of carbonyl (C=O) groups is 5. The van der Waals surface area contributed by atoms with Gasteiger partial charge >= 0.3 is 18.0 Å². The predicted octanol–water partition coefficient (Wildman–Crippen LogP) is 16.3. The van der Waals surface area contributed by atoms with Gasteiger partial charge in [0.2, 0.25) is 34.1 Å². The molecular weight excluding hydrogens is 1480 g/mol. The molecule has 10 aliphatic rings. The second-order valence-electron chi connectivity index (χ2n) is 33.0. The third kappa shape index (κ3) is 16.2. The summed E-state index contributed by atoms with van der Waals surface area (Å²) in [6.07, 6.45) is 16.4. The highest BCUT2D eigenvalue weighted by Crippen LogP contribution is 2.58. The van der Waals surface area contributed by atoms with E-state index in [9.17, 15) is 29.1 Å². The van der Waals surface area contributed by atoms with E-state index >= 15 is 0 Å². The van der Waals surface area contributed by atoms with Crippen LogP contribution in [0.1, 0.15) is 264 Å². The molecule has 15 rings (SSSR count). The van der Waals surface area contributed by atoms with Crippen molar-refractivity contribution in [3.8, 4) is 41.6 Å². The van der Waals surface area contributed by atoms with Gasteiger partial charge in [-0.25, -0.2) is 15.0 Å². The Bertz CT molecular complexity index is 4250. The Balaban J connectivity index is 0.000000138. The molecule has 10 aliphatic carbocycles. The first-order valence-electron chi connectivity index (χ1n) is 40.8. The van der Waals surface area contributed by atoms with Crippen molar-refractivity contribution in [3.63, 3.8) is 0 Å². The number of nitrogens with zero attached hydrogens (tertiary/aromatic N) is 10. The monoisotopic (exact) mass is 1590 g/mol. The Labute approximate surface area is 669 Å². The van der Waals surface area contributed by atoms with Gasteiger partial charge < -0.3 is 38.3 Å². The van der Waals surface area contributed by atoms with Crippen molar-refractivity contribution in [3.05, 3.63) is 83.8 Å². The van der Waals surface area contributed by atoms with Crippen molar-refractivity contribution in [2.45, 2.75) is 267 Å². The molecule has 0 aromatic carbocycles. The average Bonchev–Trinajstić information content (AvgIpc) is 0.916. The van der Waals surface area contributed by atoms with Gasteiger partial charge in [-0.15, -0.1) is 0 Å². The van der Waals surface area contributed by atoms with Crippen LogP contribution in [0.2, 0.25) is 15.7 Å². The highest BCUT2D eigenvalue weighted by molar-refractivity contribution is 6.32. The van der Waals surface area contributed by atoms with Gasteiger partial charge in [-0.2, -0.15) is 34.9 Å². The third-order valence-electron chi connectivity index (χ3n) is 27.0. The van der Waals surface area contributed by atoms with Crippen LogP contribution in [0.4, 0.5) is 0 Å². The van der Waals surface area contributed by atoms with Crippen LogP contribution in [0.3, 0.4) is 0 Å². The van der Waals surface area contributed by atoms with Crippen LogP contribution in [-0.2, 0) is 83.2 Å². The average molecular weight is 1590 g/mol. The summed E-state index contributed by atoms with van der Waals surface area (Å²) in [6, 6.07) is 1.09. The number of rotatable bonds is 14. The number of carbonyl (C=O) groups excluding carboxylic acids is 5. The number of ether oxygens (including phenoxy) is 7. The van der Waals surface area contributed by atoms with Crippen molar-refractivity contribution in [1.82, 2.24) is 49.8 Å². The lowest BCUT2D eigenvalue weighted by Gasteiger charge is -2.48. The first-order chi connectivity index (χ1) is 52.9. The summed E-state index contributed by atoms with van der Waals surface area (Å²) in [7, 11) is 0. The van der Waals surface area contributed by atoms with Crippen LogP contribution < -0.4 is 33.2 Å². The van der Waals surface area contributed by atoms with Crippen LogP contribution >= 0.6 is 34.8 Å². The number of hydrogen-bond acceptors (Lipinski definition) is 23. The van der Waals surface area contributed by atoms with E-state index in [0.29, 0.717) is 177 Å². The fraction of sp³-hybridized carbons (Fsp3) is 0.682. The molecule has 15 atom stereocenters. The molecule has 26 heteroatoms. The number of halogens is 3. The summed E-state index contributed by atoms with van der Waals surface area (Å²) in [5, 5.41) is 10.5. The quantitative estimate of drug-likeness (QED) is 0.0467. The van der Waals surface area contributed by atoms with Gasteiger partial charge in [-0.1, -0.05) is 80.8 Å². The molecular formula is C85H115Cl3N10O13. The van der Waals surface area contributed by atoms with E-state index < -0.39 is 0 Å². The largest absolute Gasteiger partial charge is 0.515 e. The van der Waals surface area contributed by atoms with Crippen LogP contribution in [0, 0.1) is 59.2 Å². The van der Waals surface area contributed by atoms with E-state index in [4.69, 9.17) is 82.9 Å². The molecule has 1 N–H and O–H groups in total. The second kappa shape index (κ2) is 34.8. The van der Waals surface area contributed by atoms with Gasteiger partial charge in [0.1, 0.15) is 28.3 Å². The normalized spacial score (nSPS) is 30.8. The van der Waals surface area contributed by atoms with E-state index in [1.165, 1.54) is 0 Å². The summed E-state index contributed by atoms with van der Waals surface area (Å²) in [4.78, 5) is 106. The van der Waals surface area contributed by atoms with E-state index in [1.54, 1.807) is 0 Å². The van der Waals surface area contributed by atoms with Crippen LogP contribution in [-0.4, -0.2) is 130 Å². The number of hydrogen-bond donors (Lipinski definition) is 1. The topological polar surface area (TPSA) is 299 Å². The van der Waals surface area contributed by atoms with Gasteiger partial charge in [0.05, 0.1) is 81.0 Å². The molecule has 5 heterocycles. The maximum Gasteiger partial charge on any atom is 0.319 e. The third-order valence-corrected chi connectivity index (χ3v) is 27.7. The minimum absolute atomic E-state index is 0.0394. The Hall–Kier alpha value is -7.24. The molecule has 0 saturated heterocycles. The van der Waals surface area contributed by atoms with Crippen molar-refractivity contribution >= 4 is 63.7 Å². The summed E-state index contributed by atoms with van der Waals surface area (Å²) in [6.45, 7) is 38.5. The second-order valence-corrected chi connectivity index (χ2v) is 34.0. The van der Waals surface area contributed by atoms with Gasteiger partial charge in [0.25, 0.3) is 0 Å².